The second-order valence-electron chi connectivity index (χ2n) is 7.23. The first-order valence-corrected chi connectivity index (χ1v) is 9.46. The normalized spacial score (nSPS) is 11.3. The SMILES string of the molecule is Cc1cccc(CC(=O)Cc2cc(NC(=O)c3ccccc3F)cc(C(F)(F)F)c2)c1. The lowest BCUT2D eigenvalue weighted by Crippen LogP contribution is -2.16. The summed E-state index contributed by atoms with van der Waals surface area (Å²) < 4.78 is 53.8. The molecule has 1 N–H and O–H groups in total. The maximum Gasteiger partial charge on any atom is 0.416 e. The van der Waals surface area contributed by atoms with Crippen molar-refractivity contribution in [3.05, 3.63) is 100 Å². The second kappa shape index (κ2) is 9.12. The Kier molecular flexibility index (Phi) is 6.53. The quantitative estimate of drug-likeness (QED) is 0.507. The summed E-state index contributed by atoms with van der Waals surface area (Å²) in [4.78, 5) is 24.7. The van der Waals surface area contributed by atoms with E-state index in [4.69, 9.17) is 0 Å². The second-order valence-corrected chi connectivity index (χ2v) is 7.23. The summed E-state index contributed by atoms with van der Waals surface area (Å²) in [7, 11) is 0. The number of rotatable bonds is 6. The predicted octanol–water partition coefficient (Wildman–Crippen LogP) is 5.76. The maximum atomic E-state index is 13.8. The number of amides is 1. The number of anilines is 1. The van der Waals surface area contributed by atoms with E-state index in [1.54, 1.807) is 12.1 Å². The summed E-state index contributed by atoms with van der Waals surface area (Å²) in [6.07, 6.45) is -4.83. The molecule has 0 aliphatic heterocycles. The monoisotopic (exact) mass is 429 g/mol. The minimum atomic E-state index is -4.67. The third kappa shape index (κ3) is 6.01. The molecule has 0 saturated heterocycles. The molecule has 0 spiro atoms. The van der Waals surface area contributed by atoms with Gasteiger partial charge in [0.2, 0.25) is 0 Å². The van der Waals surface area contributed by atoms with Crippen LogP contribution in [0.5, 0.6) is 0 Å². The number of aryl methyl sites for hydroxylation is 1. The summed E-state index contributed by atoms with van der Waals surface area (Å²) in [5.41, 5.74) is 0.388. The summed E-state index contributed by atoms with van der Waals surface area (Å²) in [6.45, 7) is 1.88. The molecule has 3 rings (SSSR count). The zero-order valence-electron chi connectivity index (χ0n) is 16.6. The molecule has 0 heterocycles. The molecule has 0 aromatic heterocycles. The Morgan fingerprint density at radius 2 is 1.58 bits per heavy atom. The van der Waals surface area contributed by atoms with E-state index in [2.05, 4.69) is 5.32 Å². The predicted molar refractivity (Wildman–Crippen MR) is 109 cm³/mol. The first-order chi connectivity index (χ1) is 14.6. The number of carbonyl (C=O) groups is 2. The molecule has 1 amide bonds. The van der Waals surface area contributed by atoms with Gasteiger partial charge < -0.3 is 5.32 Å². The summed E-state index contributed by atoms with van der Waals surface area (Å²) >= 11 is 0. The molecule has 0 unspecified atom stereocenters. The molecular weight excluding hydrogens is 410 g/mol. The van der Waals surface area contributed by atoms with Crippen molar-refractivity contribution in [3.8, 4) is 0 Å². The van der Waals surface area contributed by atoms with E-state index < -0.39 is 23.5 Å². The van der Waals surface area contributed by atoms with E-state index in [0.29, 0.717) is 0 Å². The highest BCUT2D eigenvalue weighted by Gasteiger charge is 2.31. The highest BCUT2D eigenvalue weighted by atomic mass is 19.4. The fourth-order valence-corrected chi connectivity index (χ4v) is 3.21. The summed E-state index contributed by atoms with van der Waals surface area (Å²) in [5, 5.41) is 2.29. The van der Waals surface area contributed by atoms with Gasteiger partial charge in [0.05, 0.1) is 11.1 Å². The third-order valence-corrected chi connectivity index (χ3v) is 4.58. The zero-order valence-corrected chi connectivity index (χ0v) is 16.6. The van der Waals surface area contributed by atoms with E-state index in [0.717, 1.165) is 29.3 Å². The van der Waals surface area contributed by atoms with Gasteiger partial charge in [-0.25, -0.2) is 4.39 Å². The van der Waals surface area contributed by atoms with Crippen LogP contribution in [0.2, 0.25) is 0 Å². The molecule has 0 saturated carbocycles. The Morgan fingerprint density at radius 1 is 0.871 bits per heavy atom. The number of nitrogens with one attached hydrogen (secondary N) is 1. The molecule has 0 atom stereocenters. The lowest BCUT2D eigenvalue weighted by Gasteiger charge is -2.13. The molecule has 0 fully saturated rings. The topological polar surface area (TPSA) is 46.2 Å². The van der Waals surface area contributed by atoms with Gasteiger partial charge in [-0.15, -0.1) is 0 Å². The fraction of sp³-hybridized carbons (Fsp3) is 0.167. The van der Waals surface area contributed by atoms with Crippen LogP contribution in [0.1, 0.15) is 32.6 Å². The van der Waals surface area contributed by atoms with Gasteiger partial charge in [0, 0.05) is 18.5 Å². The van der Waals surface area contributed by atoms with Crippen LogP contribution in [0.3, 0.4) is 0 Å². The van der Waals surface area contributed by atoms with Crippen LogP contribution in [0.4, 0.5) is 23.2 Å². The van der Waals surface area contributed by atoms with Crippen molar-refractivity contribution in [1.29, 1.82) is 0 Å². The van der Waals surface area contributed by atoms with Gasteiger partial charge in [0.1, 0.15) is 11.6 Å². The van der Waals surface area contributed by atoms with E-state index >= 15 is 0 Å². The molecule has 7 heteroatoms. The Bertz CT molecular complexity index is 1120. The van der Waals surface area contributed by atoms with Crippen molar-refractivity contribution in [2.24, 2.45) is 0 Å². The van der Waals surface area contributed by atoms with Gasteiger partial charge in [-0.3, -0.25) is 9.59 Å². The third-order valence-electron chi connectivity index (χ3n) is 4.58. The zero-order chi connectivity index (χ0) is 22.6. The van der Waals surface area contributed by atoms with Crippen molar-refractivity contribution in [2.45, 2.75) is 25.9 Å². The van der Waals surface area contributed by atoms with Crippen LogP contribution in [0.15, 0.2) is 66.7 Å². The minimum Gasteiger partial charge on any atom is -0.322 e. The van der Waals surface area contributed by atoms with Gasteiger partial charge in [0.25, 0.3) is 5.91 Å². The average molecular weight is 429 g/mol. The molecule has 3 aromatic rings. The fourth-order valence-electron chi connectivity index (χ4n) is 3.21. The van der Waals surface area contributed by atoms with Crippen molar-refractivity contribution in [1.82, 2.24) is 0 Å². The number of hydrogen-bond donors (Lipinski definition) is 1. The number of Topliss-reactive ketones (excluding diaryl/α,β-unsaturated/α-hetero) is 1. The number of hydrogen-bond acceptors (Lipinski definition) is 2. The van der Waals surface area contributed by atoms with E-state index in [-0.39, 0.29) is 35.4 Å². The number of carbonyl (C=O) groups excluding carboxylic acids is 2. The van der Waals surface area contributed by atoms with Crippen LogP contribution in [0.25, 0.3) is 0 Å². The Hall–Kier alpha value is -3.48. The Balaban J connectivity index is 1.84. The summed E-state index contributed by atoms with van der Waals surface area (Å²) in [6, 6.07) is 15.4. The first kappa shape index (κ1) is 22.2. The Morgan fingerprint density at radius 3 is 2.26 bits per heavy atom. The van der Waals surface area contributed by atoms with Gasteiger partial charge in [-0.2, -0.15) is 13.2 Å². The summed E-state index contributed by atoms with van der Waals surface area (Å²) in [5.74, 6) is -1.94. The standard InChI is InChI=1S/C24H19F4NO2/c1-15-5-4-6-16(9-15)12-20(30)13-17-10-18(24(26,27)28)14-19(11-17)29-23(31)21-7-2-3-8-22(21)25/h2-11,14H,12-13H2,1H3,(H,29,31). The highest BCUT2D eigenvalue weighted by Crippen LogP contribution is 2.32. The minimum absolute atomic E-state index is 0.0782. The lowest BCUT2D eigenvalue weighted by molar-refractivity contribution is -0.137. The molecule has 0 radical (unpaired) electrons. The average Bonchev–Trinajstić information content (AvgIpc) is 2.67. The highest BCUT2D eigenvalue weighted by molar-refractivity contribution is 6.04. The van der Waals surface area contributed by atoms with Gasteiger partial charge in [0.15, 0.2) is 0 Å². The van der Waals surface area contributed by atoms with Crippen LogP contribution in [-0.4, -0.2) is 11.7 Å². The molecular formula is C24H19F4NO2. The molecule has 0 bridgehead atoms. The molecule has 3 nitrogen and oxygen atoms in total. The molecule has 3 aromatic carbocycles. The van der Waals surface area contributed by atoms with Crippen molar-refractivity contribution >= 4 is 17.4 Å². The lowest BCUT2D eigenvalue weighted by atomic mass is 9.99. The smallest absolute Gasteiger partial charge is 0.322 e. The van der Waals surface area contributed by atoms with Gasteiger partial charge >= 0.3 is 6.18 Å². The van der Waals surface area contributed by atoms with Crippen LogP contribution in [-0.2, 0) is 23.8 Å². The van der Waals surface area contributed by atoms with Gasteiger partial charge in [-0.1, -0.05) is 42.0 Å². The first-order valence-electron chi connectivity index (χ1n) is 9.46. The maximum absolute atomic E-state index is 13.8. The Labute approximate surface area is 176 Å². The van der Waals surface area contributed by atoms with Crippen LogP contribution in [0, 0.1) is 12.7 Å². The number of ketones is 1. The van der Waals surface area contributed by atoms with Crippen LogP contribution >= 0.6 is 0 Å². The van der Waals surface area contributed by atoms with Gasteiger partial charge in [-0.05, 0) is 48.4 Å². The van der Waals surface area contributed by atoms with Crippen molar-refractivity contribution < 1.29 is 27.2 Å². The van der Waals surface area contributed by atoms with Crippen molar-refractivity contribution in [3.63, 3.8) is 0 Å². The molecule has 31 heavy (non-hydrogen) atoms. The number of benzene rings is 3. The van der Waals surface area contributed by atoms with E-state index in [9.17, 15) is 27.2 Å². The van der Waals surface area contributed by atoms with E-state index in [1.165, 1.54) is 24.3 Å². The molecule has 160 valence electrons. The van der Waals surface area contributed by atoms with Crippen molar-refractivity contribution in [2.75, 3.05) is 5.32 Å². The number of halogens is 4. The van der Waals surface area contributed by atoms with E-state index in [1.807, 2.05) is 19.1 Å². The molecule has 0 aliphatic carbocycles. The number of alkyl halides is 3. The largest absolute Gasteiger partial charge is 0.416 e. The molecule has 0 aliphatic rings. The van der Waals surface area contributed by atoms with Crippen LogP contribution < -0.4 is 5.32 Å².